The molecule has 0 aromatic rings. The van der Waals surface area contributed by atoms with Crippen molar-refractivity contribution in [3.63, 3.8) is 0 Å². The quantitative estimate of drug-likeness (QED) is 0.759. The van der Waals surface area contributed by atoms with E-state index in [4.69, 9.17) is 0 Å². The number of nitrogens with zero attached hydrogens (tertiary/aromatic N) is 2. The Labute approximate surface area is 142 Å². The summed E-state index contributed by atoms with van der Waals surface area (Å²) in [5.41, 5.74) is 7.52. The molecule has 4 rings (SSSR count). The maximum atomic E-state index is 11.8. The van der Waals surface area contributed by atoms with Crippen molar-refractivity contribution in [2.24, 2.45) is 33.9 Å². The molecule has 4 fully saturated rings. The van der Waals surface area contributed by atoms with Crippen LogP contribution in [-0.4, -0.2) is 23.2 Å². The van der Waals surface area contributed by atoms with E-state index < -0.39 is 0 Å². The van der Waals surface area contributed by atoms with Gasteiger partial charge >= 0.3 is 0 Å². The maximum Gasteiger partial charge on any atom is 0.240 e. The van der Waals surface area contributed by atoms with Crippen molar-refractivity contribution in [1.29, 1.82) is 0 Å². The Morgan fingerprint density at radius 3 is 1.58 bits per heavy atom. The van der Waals surface area contributed by atoms with Crippen LogP contribution in [0.3, 0.4) is 0 Å². The molecule has 4 atom stereocenters. The molecule has 6 nitrogen and oxygen atoms in total. The Bertz CT molecular complexity index is 546. The highest BCUT2D eigenvalue weighted by atomic mass is 16.2. The van der Waals surface area contributed by atoms with Gasteiger partial charge in [0.25, 0.3) is 0 Å². The van der Waals surface area contributed by atoms with E-state index in [1.165, 1.54) is 38.5 Å². The lowest BCUT2D eigenvalue weighted by molar-refractivity contribution is -0.126. The van der Waals surface area contributed by atoms with Crippen molar-refractivity contribution >= 4 is 23.2 Å². The molecule has 4 aliphatic carbocycles. The number of hydrogen-bond donors (Lipinski definition) is 2. The highest BCUT2D eigenvalue weighted by molar-refractivity contribution is 5.92. The molecule has 0 heterocycles. The van der Waals surface area contributed by atoms with Gasteiger partial charge in [0.15, 0.2) is 0 Å². The molecule has 4 unspecified atom stereocenters. The van der Waals surface area contributed by atoms with Crippen LogP contribution in [0.15, 0.2) is 10.2 Å². The molecule has 0 aromatic carbocycles. The SMILES string of the molecule is O=C(CCC(=O)N/N=C1\CC2CCC1C2)N/N=C1\CC2CCC1C2. The molecule has 4 saturated carbocycles. The third kappa shape index (κ3) is 3.37. The highest BCUT2D eigenvalue weighted by Crippen LogP contribution is 2.43. The molecule has 24 heavy (non-hydrogen) atoms. The fourth-order valence-corrected chi connectivity index (χ4v) is 4.93. The summed E-state index contributed by atoms with van der Waals surface area (Å²) in [6, 6.07) is 0. The number of carbonyl (C=O) groups is 2. The van der Waals surface area contributed by atoms with Gasteiger partial charge in [-0.2, -0.15) is 10.2 Å². The van der Waals surface area contributed by atoms with Crippen LogP contribution in [0.2, 0.25) is 0 Å². The van der Waals surface area contributed by atoms with Gasteiger partial charge in [0.2, 0.25) is 11.8 Å². The molecule has 0 aliphatic heterocycles. The number of hydrogen-bond acceptors (Lipinski definition) is 4. The van der Waals surface area contributed by atoms with Gasteiger partial charge in [-0.25, -0.2) is 10.9 Å². The van der Waals surface area contributed by atoms with E-state index in [1.807, 2.05) is 0 Å². The van der Waals surface area contributed by atoms with E-state index in [1.54, 1.807) is 0 Å². The van der Waals surface area contributed by atoms with Gasteiger partial charge < -0.3 is 0 Å². The summed E-state index contributed by atoms with van der Waals surface area (Å²) in [5.74, 6) is 2.34. The fourth-order valence-electron chi connectivity index (χ4n) is 4.93. The number of nitrogens with one attached hydrogen (secondary N) is 2. The third-order valence-corrected chi connectivity index (χ3v) is 6.25. The Kier molecular flexibility index (Phi) is 4.37. The van der Waals surface area contributed by atoms with E-state index in [2.05, 4.69) is 21.1 Å². The summed E-state index contributed by atoms with van der Waals surface area (Å²) in [7, 11) is 0. The third-order valence-electron chi connectivity index (χ3n) is 6.25. The van der Waals surface area contributed by atoms with Crippen molar-refractivity contribution in [3.05, 3.63) is 0 Å². The van der Waals surface area contributed by atoms with Gasteiger partial charge in [0.05, 0.1) is 0 Å². The summed E-state index contributed by atoms with van der Waals surface area (Å²) < 4.78 is 0. The second kappa shape index (κ2) is 6.65. The lowest BCUT2D eigenvalue weighted by atomic mass is 9.99. The van der Waals surface area contributed by atoms with Gasteiger partial charge in [0, 0.05) is 24.3 Å². The first-order valence-corrected chi connectivity index (χ1v) is 9.38. The van der Waals surface area contributed by atoms with E-state index in [-0.39, 0.29) is 24.7 Å². The summed E-state index contributed by atoms with van der Waals surface area (Å²) in [5, 5.41) is 8.55. The topological polar surface area (TPSA) is 82.9 Å². The van der Waals surface area contributed by atoms with Crippen LogP contribution in [0, 0.1) is 23.7 Å². The standard InChI is InChI=1S/C18H26N4O2/c23-17(21-19-15-9-11-1-3-13(15)7-11)5-6-18(24)22-20-16-10-12-2-4-14(16)8-12/h11-14H,1-10H2,(H,21,23)(H,22,24)/b19-15+,20-16+. The summed E-state index contributed by atoms with van der Waals surface area (Å²) >= 11 is 0. The minimum atomic E-state index is -0.187. The molecule has 6 heteroatoms. The predicted octanol–water partition coefficient (Wildman–Crippen LogP) is 2.35. The number of amides is 2. The molecular formula is C18H26N4O2. The number of fused-ring (bicyclic) bond motifs is 4. The first-order valence-electron chi connectivity index (χ1n) is 9.38. The van der Waals surface area contributed by atoms with Gasteiger partial charge in [0.1, 0.15) is 0 Å². The van der Waals surface area contributed by atoms with E-state index >= 15 is 0 Å². The van der Waals surface area contributed by atoms with E-state index in [0.717, 1.165) is 36.1 Å². The lowest BCUT2D eigenvalue weighted by Crippen LogP contribution is -2.25. The van der Waals surface area contributed by atoms with Crippen LogP contribution in [0.5, 0.6) is 0 Å². The summed E-state index contributed by atoms with van der Waals surface area (Å²) in [6.45, 7) is 0. The van der Waals surface area contributed by atoms with Crippen molar-refractivity contribution in [2.45, 2.75) is 64.2 Å². The number of rotatable bonds is 5. The van der Waals surface area contributed by atoms with Gasteiger partial charge in [-0.1, -0.05) is 0 Å². The maximum absolute atomic E-state index is 11.8. The zero-order chi connectivity index (χ0) is 16.5. The molecule has 0 spiro atoms. The van der Waals surface area contributed by atoms with Crippen molar-refractivity contribution in [2.75, 3.05) is 0 Å². The van der Waals surface area contributed by atoms with Crippen LogP contribution < -0.4 is 10.9 Å². The summed E-state index contributed by atoms with van der Waals surface area (Å²) in [4.78, 5) is 23.7. The molecule has 130 valence electrons. The van der Waals surface area contributed by atoms with Crippen LogP contribution in [0.4, 0.5) is 0 Å². The predicted molar refractivity (Wildman–Crippen MR) is 91.3 cm³/mol. The first-order chi connectivity index (χ1) is 11.7. The minimum Gasteiger partial charge on any atom is -0.273 e. The second-order valence-corrected chi connectivity index (χ2v) is 7.94. The minimum absolute atomic E-state index is 0.160. The highest BCUT2D eigenvalue weighted by Gasteiger charge is 2.37. The second-order valence-electron chi connectivity index (χ2n) is 7.94. The van der Waals surface area contributed by atoms with E-state index in [0.29, 0.717) is 11.8 Å². The molecule has 0 aromatic heterocycles. The Hall–Kier alpha value is -1.72. The molecular weight excluding hydrogens is 304 g/mol. The Balaban J connectivity index is 1.17. The Morgan fingerprint density at radius 1 is 0.792 bits per heavy atom. The smallest absolute Gasteiger partial charge is 0.240 e. The van der Waals surface area contributed by atoms with Crippen LogP contribution >= 0.6 is 0 Å². The fraction of sp³-hybridized carbons (Fsp3) is 0.778. The van der Waals surface area contributed by atoms with Crippen molar-refractivity contribution in [3.8, 4) is 0 Å². The molecule has 2 amide bonds. The normalized spacial score (nSPS) is 36.7. The van der Waals surface area contributed by atoms with Crippen molar-refractivity contribution < 1.29 is 9.59 Å². The van der Waals surface area contributed by atoms with Crippen LogP contribution in [0.1, 0.15) is 64.2 Å². The Morgan fingerprint density at radius 2 is 1.25 bits per heavy atom. The zero-order valence-corrected chi connectivity index (χ0v) is 14.1. The summed E-state index contributed by atoms with van der Waals surface area (Å²) in [6.07, 6.45) is 9.90. The lowest BCUT2D eigenvalue weighted by Gasteiger charge is -2.12. The van der Waals surface area contributed by atoms with Gasteiger partial charge in [-0.05, 0) is 75.0 Å². The van der Waals surface area contributed by atoms with Crippen LogP contribution in [-0.2, 0) is 9.59 Å². The van der Waals surface area contributed by atoms with Crippen LogP contribution in [0.25, 0.3) is 0 Å². The molecule has 0 radical (unpaired) electrons. The zero-order valence-electron chi connectivity index (χ0n) is 14.1. The first kappa shape index (κ1) is 15.8. The average Bonchev–Trinajstić information content (AvgIpc) is 3.36. The van der Waals surface area contributed by atoms with E-state index in [9.17, 15) is 9.59 Å². The number of carbonyl (C=O) groups excluding carboxylic acids is 2. The van der Waals surface area contributed by atoms with Gasteiger partial charge in [-0.15, -0.1) is 0 Å². The van der Waals surface area contributed by atoms with Gasteiger partial charge in [-0.3, -0.25) is 9.59 Å². The average molecular weight is 330 g/mol. The van der Waals surface area contributed by atoms with Crippen molar-refractivity contribution in [1.82, 2.24) is 10.9 Å². The molecule has 4 aliphatic rings. The monoisotopic (exact) mass is 330 g/mol. The number of hydrazone groups is 2. The molecule has 2 N–H and O–H groups in total. The molecule has 0 saturated heterocycles. The largest absolute Gasteiger partial charge is 0.273 e. The molecule has 4 bridgehead atoms.